The van der Waals surface area contributed by atoms with Gasteiger partial charge in [0.15, 0.2) is 0 Å². The van der Waals surface area contributed by atoms with E-state index in [2.05, 4.69) is 20.2 Å². The Bertz CT molecular complexity index is 726. The summed E-state index contributed by atoms with van der Waals surface area (Å²) in [6.45, 7) is 3.23. The van der Waals surface area contributed by atoms with Crippen molar-refractivity contribution in [2.45, 2.75) is 18.9 Å². The topological polar surface area (TPSA) is 58.1 Å². The first-order valence-electron chi connectivity index (χ1n) is 7.79. The van der Waals surface area contributed by atoms with Gasteiger partial charge in [-0.2, -0.15) is 0 Å². The number of carbonyl (C=O) groups is 1. The molecule has 3 fully saturated rings. The van der Waals surface area contributed by atoms with E-state index in [1.165, 1.54) is 17.4 Å². The molecule has 0 aliphatic carbocycles. The number of halogens is 1. The molecular formula is C16H17FN4OS. The number of nitrogens with zero attached hydrogens (tertiary/aromatic N) is 3. The average molecular weight is 332 g/mol. The zero-order chi connectivity index (χ0) is 15.8. The molecule has 2 bridgehead atoms. The molecule has 7 heteroatoms. The monoisotopic (exact) mass is 332 g/mol. The molecule has 1 amide bonds. The van der Waals surface area contributed by atoms with Gasteiger partial charge >= 0.3 is 0 Å². The third kappa shape index (κ3) is 2.98. The first kappa shape index (κ1) is 14.7. The Morgan fingerprint density at radius 1 is 1.30 bits per heavy atom. The molecule has 1 atom stereocenters. The molecule has 5 nitrogen and oxygen atoms in total. The van der Waals surface area contributed by atoms with Crippen LogP contribution < -0.4 is 5.32 Å². The van der Waals surface area contributed by atoms with Gasteiger partial charge in [-0.05, 0) is 37.9 Å². The lowest BCUT2D eigenvalue weighted by molar-refractivity contribution is 0.0622. The molecule has 2 aromatic rings. The van der Waals surface area contributed by atoms with Crippen molar-refractivity contribution in [3.63, 3.8) is 0 Å². The molecular weight excluding hydrogens is 315 g/mol. The summed E-state index contributed by atoms with van der Waals surface area (Å²) >= 11 is 1.27. The van der Waals surface area contributed by atoms with Crippen LogP contribution >= 0.6 is 11.3 Å². The summed E-state index contributed by atoms with van der Waals surface area (Å²) in [6.07, 6.45) is 6.58. The molecule has 0 aromatic carbocycles. The van der Waals surface area contributed by atoms with Gasteiger partial charge in [0.2, 0.25) is 0 Å². The largest absolute Gasteiger partial charge is 0.347 e. The van der Waals surface area contributed by atoms with Crippen molar-refractivity contribution in [3.8, 4) is 10.6 Å². The number of amides is 1. The van der Waals surface area contributed by atoms with E-state index in [-0.39, 0.29) is 11.9 Å². The average Bonchev–Trinajstić information content (AvgIpc) is 3.06. The summed E-state index contributed by atoms with van der Waals surface area (Å²) in [5, 5.41) is 3.75. The van der Waals surface area contributed by atoms with Gasteiger partial charge < -0.3 is 10.2 Å². The highest BCUT2D eigenvalue weighted by Crippen LogP contribution is 2.29. The zero-order valence-corrected chi connectivity index (χ0v) is 13.4. The van der Waals surface area contributed by atoms with Gasteiger partial charge in [0.05, 0.1) is 12.4 Å². The van der Waals surface area contributed by atoms with Crippen LogP contribution in [0.2, 0.25) is 0 Å². The molecule has 2 aromatic heterocycles. The van der Waals surface area contributed by atoms with E-state index < -0.39 is 5.82 Å². The van der Waals surface area contributed by atoms with Crippen LogP contribution in [0.3, 0.4) is 0 Å². The minimum atomic E-state index is -0.406. The van der Waals surface area contributed by atoms with Crippen LogP contribution in [-0.4, -0.2) is 46.5 Å². The highest BCUT2D eigenvalue weighted by atomic mass is 32.1. The lowest BCUT2D eigenvalue weighted by Gasteiger charge is -2.44. The van der Waals surface area contributed by atoms with E-state index in [0.717, 1.165) is 38.7 Å². The second-order valence-electron chi connectivity index (χ2n) is 6.14. The number of nitrogens with one attached hydrogen (secondary N) is 1. The molecule has 1 N–H and O–H groups in total. The van der Waals surface area contributed by atoms with Gasteiger partial charge in [-0.25, -0.2) is 9.37 Å². The number of fused-ring (bicyclic) bond motifs is 3. The number of rotatable bonds is 3. The zero-order valence-electron chi connectivity index (χ0n) is 12.5. The van der Waals surface area contributed by atoms with Crippen molar-refractivity contribution in [2.24, 2.45) is 5.92 Å². The first-order valence-corrected chi connectivity index (χ1v) is 8.60. The molecule has 0 saturated carbocycles. The van der Waals surface area contributed by atoms with E-state index in [9.17, 15) is 9.18 Å². The van der Waals surface area contributed by atoms with Crippen molar-refractivity contribution in [2.75, 3.05) is 19.6 Å². The summed E-state index contributed by atoms with van der Waals surface area (Å²) in [5.41, 5.74) is 0.594. The number of hydrogen-bond acceptors (Lipinski definition) is 5. The Balaban J connectivity index is 1.47. The van der Waals surface area contributed by atoms with Gasteiger partial charge in [-0.1, -0.05) is 0 Å². The van der Waals surface area contributed by atoms with Crippen LogP contribution in [0.1, 0.15) is 22.5 Å². The summed E-state index contributed by atoms with van der Waals surface area (Å²) < 4.78 is 13.2. The fourth-order valence-electron chi connectivity index (χ4n) is 3.41. The predicted octanol–water partition coefficient (Wildman–Crippen LogP) is 2.17. The summed E-state index contributed by atoms with van der Waals surface area (Å²) in [5.74, 6) is 0.0941. The van der Waals surface area contributed by atoms with Crippen molar-refractivity contribution < 1.29 is 9.18 Å². The standard InChI is InChI=1S/C16H17FN4OS/c17-12-5-11(6-18-7-12)16-19-8-14(23-16)15(22)20-13-9-21-3-1-10(13)2-4-21/h5-8,10,13H,1-4,9H2,(H,20,22)/t13-/m0/s1. The Morgan fingerprint density at radius 2 is 2.13 bits per heavy atom. The number of thiazole rings is 1. The van der Waals surface area contributed by atoms with Crippen molar-refractivity contribution >= 4 is 17.2 Å². The number of carbonyl (C=O) groups excluding carboxylic acids is 1. The van der Waals surface area contributed by atoms with E-state index in [1.54, 1.807) is 12.4 Å². The summed E-state index contributed by atoms with van der Waals surface area (Å²) in [7, 11) is 0. The van der Waals surface area contributed by atoms with Gasteiger partial charge in [0, 0.05) is 24.3 Å². The van der Waals surface area contributed by atoms with Gasteiger partial charge in [-0.3, -0.25) is 9.78 Å². The van der Waals surface area contributed by atoms with Crippen LogP contribution in [-0.2, 0) is 0 Å². The second-order valence-corrected chi connectivity index (χ2v) is 7.17. The third-order valence-corrected chi connectivity index (χ3v) is 5.70. The highest BCUT2D eigenvalue weighted by molar-refractivity contribution is 7.16. The van der Waals surface area contributed by atoms with E-state index in [1.807, 2.05) is 0 Å². The van der Waals surface area contributed by atoms with Crippen LogP contribution in [0.4, 0.5) is 4.39 Å². The molecule has 23 heavy (non-hydrogen) atoms. The maximum absolute atomic E-state index is 13.2. The van der Waals surface area contributed by atoms with Gasteiger partial charge in [0.25, 0.3) is 5.91 Å². The van der Waals surface area contributed by atoms with Crippen LogP contribution in [0.15, 0.2) is 24.7 Å². The molecule has 0 unspecified atom stereocenters. The fraction of sp³-hybridized carbons (Fsp3) is 0.438. The van der Waals surface area contributed by atoms with Gasteiger partial charge in [0.1, 0.15) is 15.7 Å². The minimum absolute atomic E-state index is 0.0862. The molecule has 120 valence electrons. The first-order chi connectivity index (χ1) is 11.2. The maximum Gasteiger partial charge on any atom is 0.263 e. The maximum atomic E-state index is 13.2. The van der Waals surface area contributed by atoms with Crippen molar-refractivity contribution in [1.82, 2.24) is 20.2 Å². The molecule has 3 aliphatic rings. The van der Waals surface area contributed by atoms with Crippen LogP contribution in [0, 0.1) is 11.7 Å². The number of pyridine rings is 1. The quantitative estimate of drug-likeness (QED) is 0.936. The molecule has 3 aliphatic heterocycles. The fourth-order valence-corrected chi connectivity index (χ4v) is 4.21. The summed E-state index contributed by atoms with van der Waals surface area (Å²) in [6, 6.07) is 1.60. The van der Waals surface area contributed by atoms with E-state index >= 15 is 0 Å². The normalized spacial score (nSPS) is 26.2. The lowest BCUT2D eigenvalue weighted by atomic mass is 9.84. The Labute approximate surface area is 137 Å². The molecule has 5 rings (SSSR count). The second kappa shape index (κ2) is 5.98. The third-order valence-electron chi connectivity index (χ3n) is 4.65. The molecule has 0 spiro atoms. The summed E-state index contributed by atoms with van der Waals surface area (Å²) in [4.78, 5) is 23.5. The Hall–Kier alpha value is -1.86. The number of hydrogen-bond donors (Lipinski definition) is 1. The Morgan fingerprint density at radius 3 is 2.83 bits per heavy atom. The van der Waals surface area contributed by atoms with E-state index in [0.29, 0.717) is 21.4 Å². The van der Waals surface area contributed by atoms with Crippen molar-refractivity contribution in [1.29, 1.82) is 0 Å². The Kier molecular flexibility index (Phi) is 3.82. The molecule has 5 heterocycles. The van der Waals surface area contributed by atoms with Crippen molar-refractivity contribution in [3.05, 3.63) is 35.4 Å². The van der Waals surface area contributed by atoms with Crippen LogP contribution in [0.25, 0.3) is 10.6 Å². The van der Waals surface area contributed by atoms with Gasteiger partial charge in [-0.15, -0.1) is 11.3 Å². The smallest absolute Gasteiger partial charge is 0.263 e. The van der Waals surface area contributed by atoms with E-state index in [4.69, 9.17) is 0 Å². The number of piperidine rings is 3. The SMILES string of the molecule is O=C(N[C@H]1CN2CCC1CC2)c1cnc(-c2cncc(F)c2)s1. The van der Waals surface area contributed by atoms with Crippen LogP contribution in [0.5, 0.6) is 0 Å². The highest BCUT2D eigenvalue weighted by Gasteiger charge is 2.35. The molecule has 0 radical (unpaired) electrons. The number of aromatic nitrogens is 2. The molecule has 3 saturated heterocycles. The minimum Gasteiger partial charge on any atom is -0.347 e. The predicted molar refractivity (Wildman–Crippen MR) is 85.7 cm³/mol. The lowest BCUT2D eigenvalue weighted by Crippen LogP contribution is -2.57.